The van der Waals surface area contributed by atoms with Crippen molar-refractivity contribution in [2.45, 2.75) is 116 Å². The third-order valence-electron chi connectivity index (χ3n) is 5.47. The van der Waals surface area contributed by atoms with Gasteiger partial charge in [0.25, 0.3) is 0 Å². The molecule has 0 amide bonds. The molecule has 0 radical (unpaired) electrons. The number of aliphatic hydroxyl groups excluding tert-OH is 1. The van der Waals surface area contributed by atoms with Crippen LogP contribution in [-0.2, 0) is 16.1 Å². The highest BCUT2D eigenvalue weighted by Crippen LogP contribution is 2.19. The second-order valence-corrected chi connectivity index (χ2v) is 8.16. The third-order valence-corrected chi connectivity index (χ3v) is 5.47. The first-order valence-corrected chi connectivity index (χ1v) is 11.7. The molecule has 1 aromatic carbocycles. The van der Waals surface area contributed by atoms with E-state index in [1.165, 1.54) is 19.3 Å². The number of ether oxygens (including phenoxy) is 1. The van der Waals surface area contributed by atoms with Gasteiger partial charge in [0.05, 0.1) is 18.8 Å². The van der Waals surface area contributed by atoms with Crippen LogP contribution < -0.4 is 0 Å². The van der Waals surface area contributed by atoms with Gasteiger partial charge in [-0.2, -0.15) is 0 Å². The SMILES string of the molecule is CCCCCCC(OCc1ccccc1)C(O)CCCCCCCCCC(=O)O. The summed E-state index contributed by atoms with van der Waals surface area (Å²) in [5.41, 5.74) is 1.15. The van der Waals surface area contributed by atoms with Crippen molar-refractivity contribution in [2.24, 2.45) is 0 Å². The molecule has 0 aromatic heterocycles. The minimum absolute atomic E-state index is 0.0805. The molecule has 1 aromatic rings. The summed E-state index contributed by atoms with van der Waals surface area (Å²) in [6.45, 7) is 2.77. The first-order chi connectivity index (χ1) is 14.1. The Morgan fingerprint density at radius 3 is 2.10 bits per heavy atom. The summed E-state index contributed by atoms with van der Waals surface area (Å²) in [7, 11) is 0. The molecule has 0 aliphatic rings. The number of carboxylic acids is 1. The highest BCUT2D eigenvalue weighted by Gasteiger charge is 2.19. The summed E-state index contributed by atoms with van der Waals surface area (Å²) in [6.07, 6.45) is 13.7. The maximum absolute atomic E-state index is 10.7. The fourth-order valence-electron chi connectivity index (χ4n) is 3.64. The summed E-state index contributed by atoms with van der Waals surface area (Å²) < 4.78 is 6.11. The lowest BCUT2D eigenvalue weighted by Gasteiger charge is -2.24. The van der Waals surface area contributed by atoms with Crippen molar-refractivity contribution >= 4 is 5.97 Å². The molecule has 0 heterocycles. The summed E-state index contributed by atoms with van der Waals surface area (Å²) >= 11 is 0. The van der Waals surface area contributed by atoms with Crippen molar-refractivity contribution in [3.05, 3.63) is 35.9 Å². The van der Waals surface area contributed by atoms with Crippen molar-refractivity contribution in [2.75, 3.05) is 0 Å². The maximum atomic E-state index is 10.7. The summed E-state index contributed by atoms with van der Waals surface area (Å²) in [5, 5.41) is 19.3. The van der Waals surface area contributed by atoms with Crippen molar-refractivity contribution in [3.63, 3.8) is 0 Å². The number of hydrogen-bond acceptors (Lipinski definition) is 3. The number of unbranched alkanes of at least 4 members (excludes halogenated alkanes) is 9. The number of benzene rings is 1. The van der Waals surface area contributed by atoms with Crippen LogP contribution >= 0.6 is 0 Å². The fraction of sp³-hybridized carbons (Fsp3) is 0.720. The first-order valence-electron chi connectivity index (χ1n) is 11.7. The molecule has 29 heavy (non-hydrogen) atoms. The van der Waals surface area contributed by atoms with Gasteiger partial charge in [-0.25, -0.2) is 0 Å². The van der Waals surface area contributed by atoms with Crippen LogP contribution in [0.2, 0.25) is 0 Å². The van der Waals surface area contributed by atoms with Gasteiger partial charge in [-0.15, -0.1) is 0 Å². The molecule has 0 bridgehead atoms. The molecule has 2 unspecified atom stereocenters. The molecule has 1 rings (SSSR count). The Balaban J connectivity index is 2.22. The van der Waals surface area contributed by atoms with Gasteiger partial charge in [-0.05, 0) is 24.8 Å². The second kappa shape index (κ2) is 17.5. The largest absolute Gasteiger partial charge is 0.481 e. The Kier molecular flexibility index (Phi) is 15.4. The van der Waals surface area contributed by atoms with Crippen LogP contribution in [0.25, 0.3) is 0 Å². The first kappa shape index (κ1) is 25.6. The monoisotopic (exact) mass is 406 g/mol. The van der Waals surface area contributed by atoms with Crippen LogP contribution in [0.15, 0.2) is 30.3 Å². The molecular formula is C25H42O4. The van der Waals surface area contributed by atoms with E-state index in [0.29, 0.717) is 6.61 Å². The van der Waals surface area contributed by atoms with Gasteiger partial charge in [0, 0.05) is 6.42 Å². The quantitative estimate of drug-likeness (QED) is 0.257. The molecular weight excluding hydrogens is 364 g/mol. The van der Waals surface area contributed by atoms with E-state index in [1.807, 2.05) is 18.2 Å². The van der Waals surface area contributed by atoms with Crippen LogP contribution in [0.1, 0.15) is 102 Å². The molecule has 166 valence electrons. The van der Waals surface area contributed by atoms with E-state index in [1.54, 1.807) is 0 Å². The predicted octanol–water partition coefficient (Wildman–Crippen LogP) is 6.50. The highest BCUT2D eigenvalue weighted by molar-refractivity contribution is 5.66. The Labute approximate surface area is 177 Å². The van der Waals surface area contributed by atoms with Gasteiger partial charge in [-0.3, -0.25) is 4.79 Å². The van der Waals surface area contributed by atoms with E-state index >= 15 is 0 Å². The number of carbonyl (C=O) groups is 1. The molecule has 0 aliphatic heterocycles. The predicted molar refractivity (Wildman–Crippen MR) is 119 cm³/mol. The van der Waals surface area contributed by atoms with Crippen LogP contribution in [0.4, 0.5) is 0 Å². The lowest BCUT2D eigenvalue weighted by molar-refractivity contribution is -0.137. The minimum Gasteiger partial charge on any atom is -0.481 e. The number of rotatable bonds is 19. The zero-order valence-corrected chi connectivity index (χ0v) is 18.4. The lowest BCUT2D eigenvalue weighted by Crippen LogP contribution is -2.29. The van der Waals surface area contributed by atoms with E-state index < -0.39 is 12.1 Å². The average molecular weight is 407 g/mol. The molecule has 4 heteroatoms. The summed E-state index contributed by atoms with van der Waals surface area (Å²) in [5.74, 6) is -0.697. The number of carboxylic acid groups (broad SMARTS) is 1. The molecule has 0 spiro atoms. The topological polar surface area (TPSA) is 66.8 Å². The van der Waals surface area contributed by atoms with Gasteiger partial charge in [-0.1, -0.05) is 101 Å². The van der Waals surface area contributed by atoms with Crippen molar-refractivity contribution < 1.29 is 19.7 Å². The molecule has 4 nitrogen and oxygen atoms in total. The van der Waals surface area contributed by atoms with Gasteiger partial charge in [0.1, 0.15) is 0 Å². The van der Waals surface area contributed by atoms with Crippen molar-refractivity contribution in [3.8, 4) is 0 Å². The zero-order valence-electron chi connectivity index (χ0n) is 18.4. The molecule has 0 saturated heterocycles. The Bertz CT molecular complexity index is 503. The molecule has 2 N–H and O–H groups in total. The van der Waals surface area contributed by atoms with Crippen molar-refractivity contribution in [1.82, 2.24) is 0 Å². The summed E-state index contributed by atoms with van der Waals surface area (Å²) in [6, 6.07) is 10.2. The van der Waals surface area contributed by atoms with E-state index in [4.69, 9.17) is 9.84 Å². The Morgan fingerprint density at radius 2 is 1.45 bits per heavy atom. The zero-order chi connectivity index (χ0) is 21.2. The molecule has 0 aliphatic carbocycles. The smallest absolute Gasteiger partial charge is 0.303 e. The molecule has 2 atom stereocenters. The van der Waals surface area contributed by atoms with E-state index in [2.05, 4.69) is 19.1 Å². The van der Waals surface area contributed by atoms with Crippen LogP contribution in [0.3, 0.4) is 0 Å². The van der Waals surface area contributed by atoms with Gasteiger partial charge < -0.3 is 14.9 Å². The number of hydrogen-bond donors (Lipinski definition) is 2. The number of aliphatic carboxylic acids is 1. The Hall–Kier alpha value is -1.39. The van der Waals surface area contributed by atoms with E-state index in [0.717, 1.165) is 69.8 Å². The maximum Gasteiger partial charge on any atom is 0.303 e. The second-order valence-electron chi connectivity index (χ2n) is 8.16. The lowest BCUT2D eigenvalue weighted by atomic mass is 9.99. The number of aliphatic hydroxyl groups is 1. The van der Waals surface area contributed by atoms with E-state index in [-0.39, 0.29) is 12.5 Å². The Morgan fingerprint density at radius 1 is 0.862 bits per heavy atom. The standard InChI is InChI=1S/C25H42O4/c1-2-3-4-14-19-24(29-21-22-16-11-10-12-17-22)23(26)18-13-8-6-5-7-9-15-20-25(27)28/h10-12,16-17,23-24,26H,2-9,13-15,18-21H2,1H3,(H,27,28). The molecule has 0 saturated carbocycles. The fourth-order valence-corrected chi connectivity index (χ4v) is 3.64. The van der Waals surface area contributed by atoms with Crippen molar-refractivity contribution in [1.29, 1.82) is 0 Å². The average Bonchev–Trinajstić information content (AvgIpc) is 2.72. The van der Waals surface area contributed by atoms with Gasteiger partial charge in [0.2, 0.25) is 0 Å². The van der Waals surface area contributed by atoms with E-state index in [9.17, 15) is 9.90 Å². The highest BCUT2D eigenvalue weighted by atomic mass is 16.5. The van der Waals surface area contributed by atoms with Crippen LogP contribution in [-0.4, -0.2) is 28.4 Å². The van der Waals surface area contributed by atoms with Gasteiger partial charge >= 0.3 is 5.97 Å². The minimum atomic E-state index is -0.697. The normalized spacial score (nSPS) is 13.3. The van der Waals surface area contributed by atoms with Gasteiger partial charge in [0.15, 0.2) is 0 Å². The molecule has 0 fully saturated rings. The van der Waals surface area contributed by atoms with Crippen LogP contribution in [0, 0.1) is 0 Å². The third kappa shape index (κ3) is 14.3. The summed E-state index contributed by atoms with van der Waals surface area (Å²) in [4.78, 5) is 10.5. The van der Waals surface area contributed by atoms with Crippen LogP contribution in [0.5, 0.6) is 0 Å².